The third-order valence-electron chi connectivity index (χ3n) is 5.56. The fourth-order valence-corrected chi connectivity index (χ4v) is 3.77. The molecule has 0 saturated heterocycles. The second-order valence-corrected chi connectivity index (χ2v) is 7.57. The van der Waals surface area contributed by atoms with Gasteiger partial charge >= 0.3 is 0 Å². The van der Waals surface area contributed by atoms with Gasteiger partial charge in [0.05, 0.1) is 31.0 Å². The standard InChI is InChI=1S/C27H21N3O5/c1-34-20-13-11-18(12-14-20)15-19(16-28)25(31)29(23-9-5-6-10-24(23)35-2)17-30-26(32)21-7-3-4-8-22(21)27(30)33/h3-15H,17H2,1-2H3. The number of hydrogen-bond donors (Lipinski definition) is 0. The van der Waals surface area contributed by atoms with Crippen LogP contribution in [0.2, 0.25) is 0 Å². The highest BCUT2D eigenvalue weighted by atomic mass is 16.5. The van der Waals surface area contributed by atoms with Gasteiger partial charge in [-0.2, -0.15) is 5.26 Å². The van der Waals surface area contributed by atoms with Gasteiger partial charge in [0.2, 0.25) is 0 Å². The fourth-order valence-electron chi connectivity index (χ4n) is 3.77. The Morgan fingerprint density at radius 1 is 0.914 bits per heavy atom. The molecule has 0 atom stereocenters. The first-order chi connectivity index (χ1) is 17.0. The van der Waals surface area contributed by atoms with Crippen molar-refractivity contribution < 1.29 is 23.9 Å². The number of fused-ring (bicyclic) bond motifs is 1. The molecule has 3 aromatic carbocycles. The van der Waals surface area contributed by atoms with Crippen molar-refractivity contribution in [3.8, 4) is 17.6 Å². The van der Waals surface area contributed by atoms with E-state index in [2.05, 4.69) is 0 Å². The number of ether oxygens (including phenoxy) is 2. The van der Waals surface area contributed by atoms with E-state index >= 15 is 0 Å². The summed E-state index contributed by atoms with van der Waals surface area (Å²) in [5.74, 6) is -0.747. The van der Waals surface area contributed by atoms with E-state index < -0.39 is 24.4 Å². The molecular formula is C27H21N3O5. The van der Waals surface area contributed by atoms with E-state index in [-0.39, 0.29) is 16.7 Å². The molecule has 0 aliphatic carbocycles. The second-order valence-electron chi connectivity index (χ2n) is 7.57. The minimum Gasteiger partial charge on any atom is -0.497 e. The average Bonchev–Trinajstić information content (AvgIpc) is 3.15. The van der Waals surface area contributed by atoms with Crippen LogP contribution in [-0.4, -0.2) is 43.5 Å². The van der Waals surface area contributed by atoms with Gasteiger partial charge in [-0.05, 0) is 48.0 Å². The molecule has 0 saturated carbocycles. The van der Waals surface area contributed by atoms with Crippen LogP contribution in [0.15, 0.2) is 78.4 Å². The van der Waals surface area contributed by atoms with Crippen molar-refractivity contribution in [1.29, 1.82) is 5.26 Å². The van der Waals surface area contributed by atoms with Crippen molar-refractivity contribution in [3.63, 3.8) is 0 Å². The summed E-state index contributed by atoms with van der Waals surface area (Å²) in [6, 6.07) is 21.9. The highest BCUT2D eigenvalue weighted by molar-refractivity contribution is 6.22. The minimum atomic E-state index is -0.690. The molecule has 0 N–H and O–H groups in total. The summed E-state index contributed by atoms with van der Waals surface area (Å²) in [6.07, 6.45) is 1.44. The number of hydrogen-bond acceptors (Lipinski definition) is 6. The molecule has 1 heterocycles. The lowest BCUT2D eigenvalue weighted by atomic mass is 10.1. The molecule has 8 heteroatoms. The number of amides is 3. The summed E-state index contributed by atoms with van der Waals surface area (Å²) in [7, 11) is 2.99. The lowest BCUT2D eigenvalue weighted by molar-refractivity contribution is -0.115. The molecule has 0 spiro atoms. The number of carbonyl (C=O) groups is 3. The van der Waals surface area contributed by atoms with Crippen molar-refractivity contribution in [2.45, 2.75) is 0 Å². The molecule has 1 aliphatic heterocycles. The van der Waals surface area contributed by atoms with Crippen molar-refractivity contribution in [2.75, 3.05) is 25.8 Å². The molecule has 0 fully saturated rings. The fraction of sp³-hybridized carbons (Fsp3) is 0.111. The van der Waals surface area contributed by atoms with E-state index in [1.54, 1.807) is 79.9 Å². The summed E-state index contributed by atoms with van der Waals surface area (Å²) >= 11 is 0. The van der Waals surface area contributed by atoms with Crippen LogP contribution in [0.4, 0.5) is 5.69 Å². The SMILES string of the molecule is COc1ccc(C=C(C#N)C(=O)N(CN2C(=O)c3ccccc3C2=O)c2ccccc2OC)cc1. The Balaban J connectivity index is 1.74. The third-order valence-corrected chi connectivity index (χ3v) is 5.56. The van der Waals surface area contributed by atoms with Gasteiger partial charge < -0.3 is 9.47 Å². The molecule has 1 aliphatic rings. The molecule has 0 aromatic heterocycles. The first-order valence-electron chi connectivity index (χ1n) is 10.6. The van der Waals surface area contributed by atoms with Gasteiger partial charge in [0.15, 0.2) is 0 Å². The zero-order valence-electron chi connectivity index (χ0n) is 19.1. The maximum absolute atomic E-state index is 13.7. The Hall–Kier alpha value is -4.90. The lowest BCUT2D eigenvalue weighted by Gasteiger charge is -2.28. The molecule has 4 rings (SSSR count). The maximum Gasteiger partial charge on any atom is 0.270 e. The largest absolute Gasteiger partial charge is 0.497 e. The van der Waals surface area contributed by atoms with E-state index in [4.69, 9.17) is 9.47 Å². The van der Waals surface area contributed by atoms with Gasteiger partial charge in [0.1, 0.15) is 29.8 Å². The van der Waals surface area contributed by atoms with E-state index in [0.717, 1.165) is 4.90 Å². The van der Waals surface area contributed by atoms with Crippen LogP contribution in [0.1, 0.15) is 26.3 Å². The molecule has 0 unspecified atom stereocenters. The summed E-state index contributed by atoms with van der Waals surface area (Å²) in [5.41, 5.74) is 1.26. The third kappa shape index (κ3) is 4.48. The number of rotatable bonds is 7. The van der Waals surface area contributed by atoms with E-state index in [1.807, 2.05) is 6.07 Å². The average molecular weight is 467 g/mol. The Bertz CT molecular complexity index is 1340. The first-order valence-corrected chi connectivity index (χ1v) is 10.6. The Kier molecular flexibility index (Phi) is 6.60. The lowest BCUT2D eigenvalue weighted by Crippen LogP contribution is -2.45. The number of methoxy groups -OCH3 is 2. The van der Waals surface area contributed by atoms with Gasteiger partial charge in [-0.3, -0.25) is 24.2 Å². The van der Waals surface area contributed by atoms with Gasteiger partial charge in [-0.15, -0.1) is 0 Å². The number of imide groups is 1. The highest BCUT2D eigenvalue weighted by Crippen LogP contribution is 2.31. The van der Waals surface area contributed by atoms with Crippen LogP contribution in [0.5, 0.6) is 11.5 Å². The van der Waals surface area contributed by atoms with Crippen LogP contribution in [0, 0.1) is 11.3 Å². The predicted molar refractivity (Wildman–Crippen MR) is 129 cm³/mol. The molecule has 0 bridgehead atoms. The van der Waals surface area contributed by atoms with Gasteiger partial charge in [-0.1, -0.05) is 36.4 Å². The number of nitrogens with zero attached hydrogens (tertiary/aromatic N) is 3. The second kappa shape index (κ2) is 9.93. The van der Waals surface area contributed by atoms with E-state index in [0.29, 0.717) is 22.7 Å². The molecule has 35 heavy (non-hydrogen) atoms. The summed E-state index contributed by atoms with van der Waals surface area (Å²) < 4.78 is 10.6. The molecular weight excluding hydrogens is 446 g/mol. The van der Waals surface area contributed by atoms with Crippen molar-refractivity contribution >= 4 is 29.5 Å². The Morgan fingerprint density at radius 3 is 2.09 bits per heavy atom. The van der Waals surface area contributed by atoms with Gasteiger partial charge in [0.25, 0.3) is 17.7 Å². The van der Waals surface area contributed by atoms with Crippen LogP contribution in [-0.2, 0) is 4.79 Å². The van der Waals surface area contributed by atoms with E-state index in [9.17, 15) is 19.6 Å². The van der Waals surface area contributed by atoms with Crippen LogP contribution < -0.4 is 14.4 Å². The maximum atomic E-state index is 13.7. The molecule has 3 aromatic rings. The van der Waals surface area contributed by atoms with Gasteiger partial charge in [-0.25, -0.2) is 0 Å². The van der Waals surface area contributed by atoms with Gasteiger partial charge in [0, 0.05) is 0 Å². The number of carbonyl (C=O) groups excluding carboxylic acids is 3. The normalized spacial score (nSPS) is 12.7. The Labute approximate surface area is 202 Å². The van der Waals surface area contributed by atoms with Crippen molar-refractivity contribution in [2.24, 2.45) is 0 Å². The Morgan fingerprint density at radius 2 is 1.51 bits per heavy atom. The number of benzene rings is 3. The molecule has 8 nitrogen and oxygen atoms in total. The number of nitriles is 1. The van der Waals surface area contributed by atoms with Crippen molar-refractivity contribution in [1.82, 2.24) is 4.90 Å². The van der Waals surface area contributed by atoms with Crippen LogP contribution in [0.3, 0.4) is 0 Å². The van der Waals surface area contributed by atoms with Crippen LogP contribution >= 0.6 is 0 Å². The molecule has 174 valence electrons. The predicted octanol–water partition coefficient (Wildman–Crippen LogP) is 3.90. The van der Waals surface area contributed by atoms with E-state index in [1.165, 1.54) is 18.1 Å². The monoisotopic (exact) mass is 467 g/mol. The smallest absolute Gasteiger partial charge is 0.270 e. The number of anilines is 1. The minimum absolute atomic E-state index is 0.183. The summed E-state index contributed by atoms with van der Waals surface area (Å²) in [5, 5.41) is 9.82. The van der Waals surface area contributed by atoms with Crippen LogP contribution in [0.25, 0.3) is 6.08 Å². The molecule has 0 radical (unpaired) electrons. The summed E-state index contributed by atoms with van der Waals surface area (Å²) in [6.45, 7) is -0.396. The zero-order chi connectivity index (χ0) is 24.9. The highest BCUT2D eigenvalue weighted by Gasteiger charge is 2.38. The zero-order valence-corrected chi connectivity index (χ0v) is 19.1. The van der Waals surface area contributed by atoms with Crippen molar-refractivity contribution in [3.05, 3.63) is 95.1 Å². The number of para-hydroxylation sites is 2. The topological polar surface area (TPSA) is 99.9 Å². The first kappa shape index (κ1) is 23.3. The molecule has 3 amide bonds. The summed E-state index contributed by atoms with van der Waals surface area (Å²) in [4.78, 5) is 41.8. The quantitative estimate of drug-likeness (QED) is 0.297.